The highest BCUT2D eigenvalue weighted by atomic mass is 35.5. The first-order chi connectivity index (χ1) is 14.8. The van der Waals surface area contributed by atoms with Crippen LogP contribution in [0.1, 0.15) is 11.1 Å². The maximum atomic E-state index is 13.3. The summed E-state index contributed by atoms with van der Waals surface area (Å²) in [5.74, 6) is -0.409. The van der Waals surface area contributed by atoms with E-state index < -0.39 is 15.9 Å². The summed E-state index contributed by atoms with van der Waals surface area (Å²) in [5, 5.41) is 3.82. The molecule has 0 aromatic heterocycles. The molecular formula is C23H22Cl2N2O3S. The van der Waals surface area contributed by atoms with E-state index in [1.807, 2.05) is 12.1 Å². The van der Waals surface area contributed by atoms with Crippen LogP contribution in [0.4, 0.5) is 5.69 Å². The minimum Gasteiger partial charge on any atom is -0.354 e. The van der Waals surface area contributed by atoms with Crippen molar-refractivity contribution in [2.24, 2.45) is 0 Å². The molecule has 0 aliphatic heterocycles. The van der Waals surface area contributed by atoms with Crippen molar-refractivity contribution in [2.45, 2.75) is 18.2 Å². The van der Waals surface area contributed by atoms with E-state index in [2.05, 4.69) is 5.32 Å². The van der Waals surface area contributed by atoms with Crippen molar-refractivity contribution in [1.82, 2.24) is 5.32 Å². The zero-order chi connectivity index (χ0) is 22.4. The molecule has 1 amide bonds. The van der Waals surface area contributed by atoms with Crippen LogP contribution in [0.15, 0.2) is 77.7 Å². The van der Waals surface area contributed by atoms with Crippen molar-refractivity contribution in [3.05, 3.63) is 94.0 Å². The van der Waals surface area contributed by atoms with E-state index in [1.54, 1.807) is 55.5 Å². The average Bonchev–Trinajstić information content (AvgIpc) is 2.76. The number of aryl methyl sites for hydroxylation is 1. The third kappa shape index (κ3) is 6.00. The van der Waals surface area contributed by atoms with Crippen molar-refractivity contribution in [2.75, 3.05) is 17.4 Å². The zero-order valence-corrected chi connectivity index (χ0v) is 19.2. The molecule has 0 aliphatic carbocycles. The summed E-state index contributed by atoms with van der Waals surface area (Å²) in [4.78, 5) is 12.8. The molecule has 0 unspecified atom stereocenters. The molecule has 3 rings (SSSR count). The number of nitrogens with one attached hydrogen (secondary N) is 1. The van der Waals surface area contributed by atoms with Gasteiger partial charge in [-0.2, -0.15) is 0 Å². The number of sulfonamides is 1. The molecule has 0 bridgehead atoms. The van der Waals surface area contributed by atoms with Gasteiger partial charge in [0, 0.05) is 16.6 Å². The van der Waals surface area contributed by atoms with Crippen LogP contribution in [0, 0.1) is 6.92 Å². The van der Waals surface area contributed by atoms with Crippen molar-refractivity contribution in [1.29, 1.82) is 0 Å². The van der Waals surface area contributed by atoms with E-state index in [-0.39, 0.29) is 11.4 Å². The Labute approximate surface area is 192 Å². The molecule has 0 atom stereocenters. The smallest absolute Gasteiger partial charge is 0.264 e. The molecule has 3 aromatic rings. The van der Waals surface area contributed by atoms with Gasteiger partial charge in [-0.1, -0.05) is 59.6 Å². The largest absolute Gasteiger partial charge is 0.354 e. The predicted octanol–water partition coefficient (Wildman–Crippen LogP) is 4.86. The molecular weight excluding hydrogens is 455 g/mol. The Morgan fingerprint density at radius 2 is 1.58 bits per heavy atom. The molecule has 162 valence electrons. The topological polar surface area (TPSA) is 66.5 Å². The third-order valence-corrected chi connectivity index (χ3v) is 6.97. The van der Waals surface area contributed by atoms with Crippen molar-refractivity contribution >= 4 is 44.8 Å². The molecule has 3 aromatic carbocycles. The third-order valence-electron chi connectivity index (χ3n) is 4.71. The molecule has 1 N–H and O–H groups in total. The maximum absolute atomic E-state index is 13.3. The van der Waals surface area contributed by atoms with Crippen LogP contribution in [0.2, 0.25) is 10.0 Å². The summed E-state index contributed by atoms with van der Waals surface area (Å²) in [6.07, 6.45) is 0.602. The maximum Gasteiger partial charge on any atom is 0.264 e. The first-order valence-electron chi connectivity index (χ1n) is 9.62. The number of rotatable bonds is 8. The van der Waals surface area contributed by atoms with Gasteiger partial charge < -0.3 is 5.32 Å². The number of carbonyl (C=O) groups is 1. The first-order valence-corrected chi connectivity index (χ1v) is 11.8. The minimum absolute atomic E-state index is 0.100. The Morgan fingerprint density at radius 1 is 0.935 bits per heavy atom. The highest BCUT2D eigenvalue weighted by molar-refractivity contribution is 7.92. The summed E-state index contributed by atoms with van der Waals surface area (Å²) in [7, 11) is -3.97. The quantitative estimate of drug-likeness (QED) is 0.504. The Hall–Kier alpha value is -2.54. The first kappa shape index (κ1) is 23.1. The standard InChI is InChI=1S/C23H22Cl2N2O3S/c1-17-7-10-20(25)15-22(17)27(31(29,30)21-5-3-2-4-6-21)16-23(28)26-14-13-18-8-11-19(24)12-9-18/h2-12,15H,13-14,16H2,1H3,(H,26,28). The number of carbonyl (C=O) groups excluding carboxylic acids is 1. The molecule has 0 aliphatic rings. The second kappa shape index (κ2) is 10.2. The highest BCUT2D eigenvalue weighted by Crippen LogP contribution is 2.29. The van der Waals surface area contributed by atoms with Crippen LogP contribution < -0.4 is 9.62 Å². The number of amides is 1. The normalized spacial score (nSPS) is 11.2. The fourth-order valence-corrected chi connectivity index (χ4v) is 4.84. The van der Waals surface area contributed by atoms with Crippen LogP contribution in [-0.2, 0) is 21.2 Å². The number of nitrogens with zero attached hydrogens (tertiary/aromatic N) is 1. The Bertz CT molecular complexity index is 1150. The number of anilines is 1. The van der Waals surface area contributed by atoms with E-state index in [0.29, 0.717) is 34.3 Å². The van der Waals surface area contributed by atoms with Gasteiger partial charge in [-0.15, -0.1) is 0 Å². The summed E-state index contributed by atoms with van der Waals surface area (Å²) in [6.45, 7) is 1.78. The number of hydrogen-bond acceptors (Lipinski definition) is 3. The van der Waals surface area contributed by atoms with Crippen LogP contribution in [0.3, 0.4) is 0 Å². The highest BCUT2D eigenvalue weighted by Gasteiger charge is 2.28. The lowest BCUT2D eigenvalue weighted by Gasteiger charge is -2.26. The lowest BCUT2D eigenvalue weighted by atomic mass is 10.1. The monoisotopic (exact) mass is 476 g/mol. The molecule has 0 heterocycles. The van der Waals surface area contributed by atoms with Gasteiger partial charge >= 0.3 is 0 Å². The molecule has 0 fully saturated rings. The minimum atomic E-state index is -3.97. The average molecular weight is 477 g/mol. The molecule has 8 heteroatoms. The summed E-state index contributed by atoms with van der Waals surface area (Å²) in [5.41, 5.74) is 2.08. The van der Waals surface area contributed by atoms with Gasteiger partial charge in [0.25, 0.3) is 10.0 Å². The molecule has 5 nitrogen and oxygen atoms in total. The molecule has 0 saturated carbocycles. The van der Waals surface area contributed by atoms with Gasteiger partial charge in [0.2, 0.25) is 5.91 Å². The number of halogens is 2. The molecule has 0 radical (unpaired) electrons. The number of hydrogen-bond donors (Lipinski definition) is 1. The molecule has 0 saturated heterocycles. The Balaban J connectivity index is 1.80. The van der Waals surface area contributed by atoms with Gasteiger partial charge in [-0.25, -0.2) is 8.42 Å². The molecule has 0 spiro atoms. The van der Waals surface area contributed by atoms with Gasteiger partial charge in [0.15, 0.2) is 0 Å². The summed E-state index contributed by atoms with van der Waals surface area (Å²) in [6, 6.07) is 20.3. The van der Waals surface area contributed by atoms with E-state index >= 15 is 0 Å². The van der Waals surface area contributed by atoms with Crippen LogP contribution in [0.25, 0.3) is 0 Å². The molecule has 31 heavy (non-hydrogen) atoms. The zero-order valence-electron chi connectivity index (χ0n) is 16.9. The lowest BCUT2D eigenvalue weighted by Crippen LogP contribution is -2.41. The second-order valence-electron chi connectivity index (χ2n) is 6.98. The van der Waals surface area contributed by atoms with Crippen LogP contribution in [0.5, 0.6) is 0 Å². The van der Waals surface area contributed by atoms with E-state index in [9.17, 15) is 13.2 Å². The van der Waals surface area contributed by atoms with E-state index in [1.165, 1.54) is 12.1 Å². The fourth-order valence-electron chi connectivity index (χ4n) is 3.05. The SMILES string of the molecule is Cc1ccc(Cl)cc1N(CC(=O)NCCc1ccc(Cl)cc1)S(=O)(=O)c1ccccc1. The van der Waals surface area contributed by atoms with Crippen LogP contribution >= 0.6 is 23.2 Å². The van der Waals surface area contributed by atoms with Crippen molar-refractivity contribution < 1.29 is 13.2 Å². The van der Waals surface area contributed by atoms with Crippen LogP contribution in [-0.4, -0.2) is 27.4 Å². The predicted molar refractivity (Wildman–Crippen MR) is 125 cm³/mol. The van der Waals surface area contributed by atoms with Gasteiger partial charge in [-0.05, 0) is 60.9 Å². The van der Waals surface area contributed by atoms with Gasteiger partial charge in [-0.3, -0.25) is 9.10 Å². The van der Waals surface area contributed by atoms with Crippen molar-refractivity contribution in [3.8, 4) is 0 Å². The fraction of sp³-hybridized carbons (Fsp3) is 0.174. The summed E-state index contributed by atoms with van der Waals surface area (Å²) >= 11 is 12.0. The lowest BCUT2D eigenvalue weighted by molar-refractivity contribution is -0.119. The van der Waals surface area contributed by atoms with E-state index in [0.717, 1.165) is 9.87 Å². The summed E-state index contributed by atoms with van der Waals surface area (Å²) < 4.78 is 27.8. The number of benzene rings is 3. The Kier molecular flexibility index (Phi) is 7.59. The van der Waals surface area contributed by atoms with Gasteiger partial charge in [0.1, 0.15) is 6.54 Å². The second-order valence-corrected chi connectivity index (χ2v) is 9.72. The van der Waals surface area contributed by atoms with E-state index in [4.69, 9.17) is 23.2 Å². The Morgan fingerprint density at radius 3 is 2.26 bits per heavy atom. The van der Waals surface area contributed by atoms with Gasteiger partial charge in [0.05, 0.1) is 10.6 Å². The van der Waals surface area contributed by atoms with Crippen molar-refractivity contribution in [3.63, 3.8) is 0 Å².